The third-order valence-corrected chi connectivity index (χ3v) is 3.96. The lowest BCUT2D eigenvalue weighted by Crippen LogP contribution is -2.36. The normalized spacial score (nSPS) is 15.3. The van der Waals surface area contributed by atoms with Gasteiger partial charge in [-0.25, -0.2) is 4.68 Å². The van der Waals surface area contributed by atoms with Gasteiger partial charge in [-0.15, -0.1) is 0 Å². The zero-order valence-electron chi connectivity index (χ0n) is 11.4. The Morgan fingerprint density at radius 2 is 2.10 bits per heavy atom. The van der Waals surface area contributed by atoms with E-state index in [9.17, 15) is 9.59 Å². The number of furan rings is 1. The number of hydrogen-bond acceptors (Lipinski definition) is 4. The van der Waals surface area contributed by atoms with Crippen LogP contribution in [-0.2, 0) is 11.3 Å². The van der Waals surface area contributed by atoms with Crippen molar-refractivity contribution >= 4 is 22.5 Å². The zero-order chi connectivity index (χ0) is 14.4. The molecule has 1 aliphatic rings. The number of rotatable bonds is 2. The number of hydrogen-bond donors (Lipinski definition) is 0. The Morgan fingerprint density at radius 1 is 1.29 bits per heavy atom. The van der Waals surface area contributed by atoms with Crippen molar-refractivity contribution in [1.82, 2.24) is 19.1 Å². The monoisotopic (exact) mass is 286 g/mol. The Morgan fingerprint density at radius 3 is 2.90 bits per heavy atom. The molecule has 1 saturated heterocycles. The second-order valence-corrected chi connectivity index (χ2v) is 5.25. The average Bonchev–Trinajstić information content (AvgIpc) is 3.17. The summed E-state index contributed by atoms with van der Waals surface area (Å²) in [4.78, 5) is 26.3. The molecule has 0 unspecified atom stereocenters. The molecule has 1 aliphatic heterocycles. The van der Waals surface area contributed by atoms with Gasteiger partial charge >= 0.3 is 0 Å². The maximum Gasteiger partial charge on any atom is 0.291 e. The van der Waals surface area contributed by atoms with Gasteiger partial charge < -0.3 is 9.32 Å². The third-order valence-electron chi connectivity index (χ3n) is 3.96. The van der Waals surface area contributed by atoms with E-state index in [1.807, 2.05) is 0 Å². The van der Waals surface area contributed by atoms with Crippen LogP contribution in [0.15, 0.2) is 33.9 Å². The highest BCUT2D eigenvalue weighted by atomic mass is 16.3. The number of carbonyl (C=O) groups excluding carboxylic acids is 1. The fourth-order valence-corrected chi connectivity index (χ4v) is 2.84. The van der Waals surface area contributed by atoms with E-state index in [1.54, 1.807) is 34.0 Å². The van der Waals surface area contributed by atoms with Gasteiger partial charge in [0.15, 0.2) is 5.58 Å². The molecular weight excluding hydrogens is 272 g/mol. The Labute approximate surface area is 119 Å². The van der Waals surface area contributed by atoms with Crippen molar-refractivity contribution in [3.63, 3.8) is 0 Å². The Kier molecular flexibility index (Phi) is 2.60. The molecule has 3 aromatic rings. The van der Waals surface area contributed by atoms with Crippen molar-refractivity contribution in [2.24, 2.45) is 0 Å². The topological polar surface area (TPSA) is 72.7 Å². The van der Waals surface area contributed by atoms with Crippen LogP contribution in [0.3, 0.4) is 0 Å². The van der Waals surface area contributed by atoms with Gasteiger partial charge in [0.2, 0.25) is 5.91 Å². The SMILES string of the molecule is O=C(Cn1ncn2c(cc3occc32)c1=O)N1CCCC1. The molecule has 1 fully saturated rings. The summed E-state index contributed by atoms with van der Waals surface area (Å²) >= 11 is 0. The summed E-state index contributed by atoms with van der Waals surface area (Å²) in [6.07, 6.45) is 5.18. The highest BCUT2D eigenvalue weighted by Gasteiger charge is 2.19. The summed E-state index contributed by atoms with van der Waals surface area (Å²) in [5.41, 5.74) is 1.62. The number of amides is 1. The second kappa shape index (κ2) is 4.47. The predicted molar refractivity (Wildman–Crippen MR) is 75.0 cm³/mol. The van der Waals surface area contributed by atoms with Crippen LogP contribution >= 0.6 is 0 Å². The number of nitrogens with zero attached hydrogens (tertiary/aromatic N) is 4. The first-order valence-corrected chi connectivity index (χ1v) is 6.96. The molecule has 0 aliphatic carbocycles. The van der Waals surface area contributed by atoms with E-state index >= 15 is 0 Å². The van der Waals surface area contributed by atoms with E-state index in [-0.39, 0.29) is 18.0 Å². The van der Waals surface area contributed by atoms with Gasteiger partial charge in [0.05, 0.1) is 11.8 Å². The van der Waals surface area contributed by atoms with Crippen LogP contribution in [0.4, 0.5) is 0 Å². The van der Waals surface area contributed by atoms with Gasteiger partial charge in [0, 0.05) is 25.2 Å². The van der Waals surface area contributed by atoms with Gasteiger partial charge in [-0.05, 0) is 12.8 Å². The number of aromatic nitrogens is 3. The van der Waals surface area contributed by atoms with Gasteiger partial charge in [-0.1, -0.05) is 0 Å². The molecule has 1 amide bonds. The first-order valence-electron chi connectivity index (χ1n) is 6.96. The van der Waals surface area contributed by atoms with E-state index in [0.29, 0.717) is 11.1 Å². The van der Waals surface area contributed by atoms with Crippen molar-refractivity contribution in [3.05, 3.63) is 35.1 Å². The molecule has 0 bridgehead atoms. The second-order valence-electron chi connectivity index (χ2n) is 5.25. The van der Waals surface area contributed by atoms with Crippen LogP contribution < -0.4 is 5.56 Å². The van der Waals surface area contributed by atoms with E-state index in [4.69, 9.17) is 4.42 Å². The molecule has 3 aromatic heterocycles. The number of fused-ring (bicyclic) bond motifs is 3. The maximum atomic E-state index is 12.4. The first kappa shape index (κ1) is 12.2. The van der Waals surface area contributed by atoms with Crippen LogP contribution in [0, 0.1) is 0 Å². The molecule has 7 heteroatoms. The zero-order valence-corrected chi connectivity index (χ0v) is 11.4. The molecule has 0 atom stereocenters. The number of likely N-dealkylation sites (tertiary alicyclic amines) is 1. The lowest BCUT2D eigenvalue weighted by atomic mass is 10.4. The molecule has 0 N–H and O–H groups in total. The van der Waals surface area contributed by atoms with Gasteiger partial charge in [0.1, 0.15) is 18.4 Å². The van der Waals surface area contributed by atoms with Crippen molar-refractivity contribution in [2.45, 2.75) is 19.4 Å². The minimum Gasteiger partial charge on any atom is -0.463 e. The number of carbonyl (C=O) groups is 1. The fraction of sp³-hybridized carbons (Fsp3) is 0.357. The summed E-state index contributed by atoms with van der Waals surface area (Å²) in [6, 6.07) is 3.46. The molecule has 0 saturated carbocycles. The van der Waals surface area contributed by atoms with Crippen LogP contribution in [0.25, 0.3) is 16.6 Å². The third kappa shape index (κ3) is 1.84. The lowest BCUT2D eigenvalue weighted by Gasteiger charge is -2.15. The lowest BCUT2D eigenvalue weighted by molar-refractivity contribution is -0.131. The summed E-state index contributed by atoms with van der Waals surface area (Å²) in [7, 11) is 0. The minimum atomic E-state index is -0.281. The van der Waals surface area contributed by atoms with Crippen molar-refractivity contribution in [1.29, 1.82) is 0 Å². The molecule has 21 heavy (non-hydrogen) atoms. The quantitative estimate of drug-likeness (QED) is 0.700. The summed E-state index contributed by atoms with van der Waals surface area (Å²) < 4.78 is 8.18. The van der Waals surface area contributed by atoms with Gasteiger partial charge in [-0.2, -0.15) is 5.10 Å². The Bertz CT molecular complexity index is 883. The van der Waals surface area contributed by atoms with Gasteiger partial charge in [-0.3, -0.25) is 14.0 Å². The molecule has 108 valence electrons. The smallest absolute Gasteiger partial charge is 0.291 e. The maximum absolute atomic E-state index is 12.4. The Balaban J connectivity index is 1.73. The Hall–Kier alpha value is -2.57. The van der Waals surface area contributed by atoms with Crippen molar-refractivity contribution in [3.8, 4) is 0 Å². The molecule has 0 radical (unpaired) electrons. The van der Waals surface area contributed by atoms with E-state index in [0.717, 1.165) is 31.4 Å². The first-order chi connectivity index (χ1) is 10.2. The van der Waals surface area contributed by atoms with Crippen LogP contribution in [0.1, 0.15) is 12.8 Å². The van der Waals surface area contributed by atoms with Crippen molar-refractivity contribution < 1.29 is 9.21 Å². The van der Waals surface area contributed by atoms with E-state index < -0.39 is 0 Å². The minimum absolute atomic E-state index is 0.0120. The molecule has 0 spiro atoms. The molecule has 0 aromatic carbocycles. The van der Waals surface area contributed by atoms with Gasteiger partial charge in [0.25, 0.3) is 5.56 Å². The van der Waals surface area contributed by atoms with Crippen LogP contribution in [-0.4, -0.2) is 38.1 Å². The highest BCUT2D eigenvalue weighted by molar-refractivity contribution is 5.82. The molecule has 7 nitrogen and oxygen atoms in total. The van der Waals surface area contributed by atoms with E-state index in [2.05, 4.69) is 5.10 Å². The molecule has 4 heterocycles. The van der Waals surface area contributed by atoms with Crippen LogP contribution in [0.5, 0.6) is 0 Å². The molecular formula is C14H14N4O3. The summed E-state index contributed by atoms with van der Waals surface area (Å²) in [5, 5.41) is 4.10. The van der Waals surface area contributed by atoms with E-state index in [1.165, 1.54) is 4.68 Å². The largest absolute Gasteiger partial charge is 0.463 e. The summed E-state index contributed by atoms with van der Waals surface area (Å²) in [6.45, 7) is 1.53. The highest BCUT2D eigenvalue weighted by Crippen LogP contribution is 2.18. The van der Waals surface area contributed by atoms with Crippen molar-refractivity contribution in [2.75, 3.05) is 13.1 Å². The summed E-state index contributed by atoms with van der Waals surface area (Å²) in [5.74, 6) is -0.0540. The molecule has 4 rings (SSSR count). The fourth-order valence-electron chi connectivity index (χ4n) is 2.84. The standard InChI is InChI=1S/C14H14N4O3/c19-13(16-4-1-2-5-16)8-18-14(20)11-7-12-10(3-6-21-12)17(11)9-15-18/h3,6-7,9H,1-2,4-5,8H2. The predicted octanol–water partition coefficient (Wildman–Crippen LogP) is 0.865. The average molecular weight is 286 g/mol. The van der Waals surface area contributed by atoms with Crippen LogP contribution in [0.2, 0.25) is 0 Å².